The molecule has 0 amide bonds. The standard InChI is InChI=1S/C9H11NOS/c11-9-3-6-10(7-4-9)5-1-2-8-12/h1-4,6-7,12H,5,8H2. The normalized spacial score (nSPS) is 10.8. The summed E-state index contributed by atoms with van der Waals surface area (Å²) in [6.45, 7) is 0.792. The third kappa shape index (κ3) is 2.96. The van der Waals surface area contributed by atoms with Crippen molar-refractivity contribution in [2.24, 2.45) is 0 Å². The molecule has 3 heteroatoms. The summed E-state index contributed by atoms with van der Waals surface area (Å²) in [4.78, 5) is 10.7. The second-order valence-electron chi connectivity index (χ2n) is 2.38. The van der Waals surface area contributed by atoms with E-state index in [0.717, 1.165) is 12.3 Å². The first-order valence-electron chi connectivity index (χ1n) is 3.75. The van der Waals surface area contributed by atoms with Crippen LogP contribution in [0.15, 0.2) is 41.5 Å². The van der Waals surface area contributed by atoms with Crippen molar-refractivity contribution in [1.29, 1.82) is 0 Å². The minimum atomic E-state index is 0.0458. The fourth-order valence-corrected chi connectivity index (χ4v) is 0.985. The zero-order valence-electron chi connectivity index (χ0n) is 6.68. The first-order valence-corrected chi connectivity index (χ1v) is 4.38. The summed E-state index contributed by atoms with van der Waals surface area (Å²) in [7, 11) is 0. The SMILES string of the molecule is O=c1ccn(CC=CCS)cc1. The lowest BCUT2D eigenvalue weighted by Gasteiger charge is -1.99. The molecule has 1 heterocycles. The molecule has 1 aromatic heterocycles. The Morgan fingerprint density at radius 1 is 1.33 bits per heavy atom. The Morgan fingerprint density at radius 3 is 2.58 bits per heavy atom. The topological polar surface area (TPSA) is 22.0 Å². The predicted molar refractivity (Wildman–Crippen MR) is 53.7 cm³/mol. The van der Waals surface area contributed by atoms with E-state index in [1.54, 1.807) is 24.5 Å². The van der Waals surface area contributed by atoms with Gasteiger partial charge in [-0.25, -0.2) is 0 Å². The van der Waals surface area contributed by atoms with Gasteiger partial charge in [-0.1, -0.05) is 12.2 Å². The number of hydrogen-bond acceptors (Lipinski definition) is 2. The van der Waals surface area contributed by atoms with Gasteiger partial charge in [0.15, 0.2) is 5.43 Å². The summed E-state index contributed by atoms with van der Waals surface area (Å²) in [6.07, 6.45) is 7.52. The quantitative estimate of drug-likeness (QED) is 0.551. The van der Waals surface area contributed by atoms with E-state index in [0.29, 0.717) is 0 Å². The molecule has 0 N–H and O–H groups in total. The first kappa shape index (κ1) is 9.13. The van der Waals surface area contributed by atoms with E-state index in [-0.39, 0.29) is 5.43 Å². The van der Waals surface area contributed by atoms with Crippen LogP contribution >= 0.6 is 12.6 Å². The summed E-state index contributed by atoms with van der Waals surface area (Å²) in [5, 5.41) is 0. The molecule has 0 radical (unpaired) electrons. The van der Waals surface area contributed by atoms with Crippen molar-refractivity contribution in [1.82, 2.24) is 4.57 Å². The Hall–Kier alpha value is -0.960. The molecule has 0 aliphatic rings. The Balaban J connectivity index is 2.59. The van der Waals surface area contributed by atoms with Crippen molar-refractivity contribution < 1.29 is 0 Å². The van der Waals surface area contributed by atoms with Gasteiger partial charge in [-0.05, 0) is 0 Å². The van der Waals surface area contributed by atoms with Crippen molar-refractivity contribution >= 4 is 12.6 Å². The zero-order chi connectivity index (χ0) is 8.81. The van der Waals surface area contributed by atoms with Crippen molar-refractivity contribution in [3.05, 3.63) is 46.9 Å². The molecule has 1 aromatic rings. The van der Waals surface area contributed by atoms with Crippen LogP contribution in [-0.4, -0.2) is 10.3 Å². The fraction of sp³-hybridized carbons (Fsp3) is 0.222. The molecule has 0 saturated carbocycles. The maximum absolute atomic E-state index is 10.7. The zero-order valence-corrected chi connectivity index (χ0v) is 7.58. The van der Waals surface area contributed by atoms with Crippen LogP contribution in [-0.2, 0) is 6.54 Å². The van der Waals surface area contributed by atoms with E-state index in [1.165, 1.54) is 0 Å². The molecular weight excluding hydrogens is 170 g/mol. The van der Waals surface area contributed by atoms with E-state index < -0.39 is 0 Å². The molecule has 0 unspecified atom stereocenters. The van der Waals surface area contributed by atoms with Crippen LogP contribution in [0.25, 0.3) is 0 Å². The van der Waals surface area contributed by atoms with Crippen LogP contribution in [0, 0.1) is 0 Å². The minimum Gasteiger partial charge on any atom is -0.350 e. The lowest BCUT2D eigenvalue weighted by molar-refractivity contribution is 0.810. The van der Waals surface area contributed by atoms with Gasteiger partial charge in [0.1, 0.15) is 0 Å². The number of allylic oxidation sites excluding steroid dienone is 1. The highest BCUT2D eigenvalue weighted by atomic mass is 32.1. The summed E-state index contributed by atoms with van der Waals surface area (Å²) in [6, 6.07) is 3.10. The summed E-state index contributed by atoms with van der Waals surface area (Å²) >= 11 is 4.04. The van der Waals surface area contributed by atoms with Crippen LogP contribution < -0.4 is 5.43 Å². The molecule has 0 fully saturated rings. The predicted octanol–water partition coefficient (Wildman–Crippen LogP) is 1.33. The highest BCUT2D eigenvalue weighted by Crippen LogP contribution is 1.86. The summed E-state index contributed by atoms with van der Waals surface area (Å²) in [5.41, 5.74) is 0.0458. The Bertz CT molecular complexity index is 296. The van der Waals surface area contributed by atoms with Gasteiger partial charge in [0.05, 0.1) is 0 Å². The smallest absolute Gasteiger partial charge is 0.181 e. The Morgan fingerprint density at radius 2 is 2.00 bits per heavy atom. The summed E-state index contributed by atoms with van der Waals surface area (Å²) in [5.74, 6) is 0.750. The molecule has 2 nitrogen and oxygen atoms in total. The molecule has 0 spiro atoms. The van der Waals surface area contributed by atoms with E-state index in [4.69, 9.17) is 0 Å². The average Bonchev–Trinajstić information content (AvgIpc) is 2.09. The van der Waals surface area contributed by atoms with Gasteiger partial charge in [0, 0.05) is 36.8 Å². The molecule has 0 aromatic carbocycles. The van der Waals surface area contributed by atoms with Gasteiger partial charge in [-0.3, -0.25) is 4.79 Å². The van der Waals surface area contributed by atoms with Crippen molar-refractivity contribution in [3.8, 4) is 0 Å². The van der Waals surface area contributed by atoms with E-state index in [9.17, 15) is 4.79 Å². The van der Waals surface area contributed by atoms with Crippen molar-refractivity contribution in [2.75, 3.05) is 5.75 Å². The number of aromatic nitrogens is 1. The van der Waals surface area contributed by atoms with Gasteiger partial charge in [0.25, 0.3) is 0 Å². The molecule has 0 aliphatic heterocycles. The summed E-state index contributed by atoms with van der Waals surface area (Å²) < 4.78 is 1.93. The largest absolute Gasteiger partial charge is 0.350 e. The first-order chi connectivity index (χ1) is 5.83. The maximum Gasteiger partial charge on any atom is 0.181 e. The van der Waals surface area contributed by atoms with Gasteiger partial charge in [-0.15, -0.1) is 0 Å². The van der Waals surface area contributed by atoms with Crippen LogP contribution in [0.1, 0.15) is 0 Å². The van der Waals surface area contributed by atoms with Crippen LogP contribution in [0.4, 0.5) is 0 Å². The van der Waals surface area contributed by atoms with Crippen LogP contribution in [0.5, 0.6) is 0 Å². The third-order valence-electron chi connectivity index (χ3n) is 1.45. The highest BCUT2D eigenvalue weighted by molar-refractivity contribution is 7.80. The lowest BCUT2D eigenvalue weighted by Crippen LogP contribution is -2.02. The van der Waals surface area contributed by atoms with Crippen LogP contribution in [0.2, 0.25) is 0 Å². The van der Waals surface area contributed by atoms with Crippen molar-refractivity contribution in [3.63, 3.8) is 0 Å². The Kier molecular flexibility index (Phi) is 3.67. The number of pyridine rings is 1. The molecule has 0 aliphatic carbocycles. The molecular formula is C9H11NOS. The van der Waals surface area contributed by atoms with Gasteiger partial charge in [0.2, 0.25) is 0 Å². The lowest BCUT2D eigenvalue weighted by atomic mass is 10.4. The molecule has 0 bridgehead atoms. The van der Waals surface area contributed by atoms with Gasteiger partial charge in [-0.2, -0.15) is 12.6 Å². The molecule has 1 rings (SSSR count). The third-order valence-corrected chi connectivity index (χ3v) is 1.66. The molecule has 0 atom stereocenters. The average molecular weight is 181 g/mol. The van der Waals surface area contributed by atoms with Crippen molar-refractivity contribution in [2.45, 2.75) is 6.54 Å². The number of hydrogen-bond donors (Lipinski definition) is 1. The monoisotopic (exact) mass is 181 g/mol. The van der Waals surface area contributed by atoms with Gasteiger partial charge < -0.3 is 4.57 Å². The number of nitrogens with zero attached hydrogens (tertiary/aromatic N) is 1. The van der Waals surface area contributed by atoms with Gasteiger partial charge >= 0.3 is 0 Å². The molecule has 0 saturated heterocycles. The fourth-order valence-electron chi connectivity index (χ4n) is 0.836. The molecule has 12 heavy (non-hydrogen) atoms. The molecule has 64 valence electrons. The van der Waals surface area contributed by atoms with E-state index >= 15 is 0 Å². The van der Waals surface area contributed by atoms with E-state index in [2.05, 4.69) is 12.6 Å². The Labute approximate surface area is 76.9 Å². The number of rotatable bonds is 3. The maximum atomic E-state index is 10.7. The highest BCUT2D eigenvalue weighted by Gasteiger charge is 1.83. The van der Waals surface area contributed by atoms with E-state index in [1.807, 2.05) is 16.7 Å². The second kappa shape index (κ2) is 4.83. The number of thiol groups is 1. The second-order valence-corrected chi connectivity index (χ2v) is 2.75. The minimum absolute atomic E-state index is 0.0458. The van der Waals surface area contributed by atoms with Crippen LogP contribution in [0.3, 0.4) is 0 Å².